The lowest BCUT2D eigenvalue weighted by Gasteiger charge is -2.26. The van der Waals surface area contributed by atoms with E-state index in [2.05, 4.69) is 6.92 Å². The molecule has 2 rings (SSSR count). The Labute approximate surface area is 173 Å². The van der Waals surface area contributed by atoms with E-state index in [4.69, 9.17) is 13.8 Å². The summed E-state index contributed by atoms with van der Waals surface area (Å²) in [5, 5.41) is 0. The number of carbonyl (C=O) groups excluding carboxylic acids is 1. The number of ether oxygens (including phenoxy) is 1. The molecule has 0 heterocycles. The summed E-state index contributed by atoms with van der Waals surface area (Å²) < 4.78 is 30.7. The highest BCUT2D eigenvalue weighted by Crippen LogP contribution is 2.56. The van der Waals surface area contributed by atoms with Crippen LogP contribution in [0.15, 0.2) is 60.7 Å². The molecule has 0 aliphatic heterocycles. The number of benzene rings is 2. The van der Waals surface area contributed by atoms with Crippen molar-refractivity contribution in [3.05, 3.63) is 71.8 Å². The fourth-order valence-corrected chi connectivity index (χ4v) is 4.85. The molecule has 5 nitrogen and oxygen atoms in total. The maximum atomic E-state index is 13.8. The predicted octanol–water partition coefficient (Wildman–Crippen LogP) is 6.13. The molecule has 0 aromatic heterocycles. The van der Waals surface area contributed by atoms with E-state index in [0.29, 0.717) is 6.42 Å². The van der Waals surface area contributed by atoms with Crippen molar-refractivity contribution in [3.63, 3.8) is 0 Å². The van der Waals surface area contributed by atoms with Crippen molar-refractivity contribution in [2.24, 2.45) is 0 Å². The Hall–Kier alpha value is -1.94. The molecular formula is C23H31O5P. The molecular weight excluding hydrogens is 387 g/mol. The van der Waals surface area contributed by atoms with E-state index in [1.165, 1.54) is 0 Å². The summed E-state index contributed by atoms with van der Waals surface area (Å²) in [6.45, 7) is 4.26. The third-order valence-corrected chi connectivity index (χ3v) is 6.74. The maximum absolute atomic E-state index is 13.8. The van der Waals surface area contributed by atoms with E-state index in [1.54, 1.807) is 6.92 Å². The van der Waals surface area contributed by atoms with E-state index in [-0.39, 0.29) is 19.8 Å². The van der Waals surface area contributed by atoms with Gasteiger partial charge in [-0.25, -0.2) is 0 Å². The molecule has 0 aliphatic carbocycles. The summed E-state index contributed by atoms with van der Waals surface area (Å²) in [6.07, 6.45) is 3.10. The summed E-state index contributed by atoms with van der Waals surface area (Å²) in [4.78, 5) is 12.7. The van der Waals surface area contributed by atoms with Crippen molar-refractivity contribution in [2.45, 2.75) is 58.4 Å². The molecule has 0 N–H and O–H groups in total. The van der Waals surface area contributed by atoms with Crippen LogP contribution in [0.4, 0.5) is 0 Å². The van der Waals surface area contributed by atoms with Crippen LogP contribution in [0, 0.1) is 0 Å². The highest BCUT2D eigenvalue weighted by atomic mass is 31.2. The lowest BCUT2D eigenvalue weighted by molar-refractivity contribution is -0.143. The van der Waals surface area contributed by atoms with Crippen molar-refractivity contribution >= 4 is 13.6 Å². The van der Waals surface area contributed by atoms with Gasteiger partial charge in [0.05, 0.1) is 19.8 Å². The van der Waals surface area contributed by atoms with Crippen LogP contribution in [0.25, 0.3) is 0 Å². The van der Waals surface area contributed by atoms with Gasteiger partial charge in [0.15, 0.2) is 5.66 Å². The average molecular weight is 418 g/mol. The fourth-order valence-electron chi connectivity index (χ4n) is 2.93. The zero-order chi connectivity index (χ0) is 21.0. The smallest absolute Gasteiger partial charge is 0.345 e. The molecule has 1 atom stereocenters. The number of hydrogen-bond acceptors (Lipinski definition) is 5. The Morgan fingerprint density at radius 2 is 1.38 bits per heavy atom. The Morgan fingerprint density at radius 1 is 0.862 bits per heavy atom. The number of rotatable bonds is 13. The van der Waals surface area contributed by atoms with Crippen LogP contribution in [0.3, 0.4) is 0 Å². The van der Waals surface area contributed by atoms with Crippen molar-refractivity contribution < 1.29 is 23.1 Å². The van der Waals surface area contributed by atoms with Crippen molar-refractivity contribution in [1.29, 1.82) is 0 Å². The van der Waals surface area contributed by atoms with Crippen LogP contribution in [0.5, 0.6) is 0 Å². The molecule has 2 aromatic carbocycles. The molecule has 0 saturated carbocycles. The minimum absolute atomic E-state index is 0.108. The lowest BCUT2D eigenvalue weighted by atomic mass is 10.1. The van der Waals surface area contributed by atoms with E-state index in [1.807, 2.05) is 60.7 Å². The maximum Gasteiger partial charge on any atom is 0.345 e. The van der Waals surface area contributed by atoms with Gasteiger partial charge in [-0.1, -0.05) is 86.8 Å². The highest BCUT2D eigenvalue weighted by Gasteiger charge is 2.42. The molecule has 0 aliphatic rings. The predicted molar refractivity (Wildman–Crippen MR) is 115 cm³/mol. The van der Waals surface area contributed by atoms with E-state index < -0.39 is 19.2 Å². The third kappa shape index (κ3) is 7.77. The lowest BCUT2D eigenvalue weighted by Crippen LogP contribution is -2.26. The molecule has 0 amide bonds. The number of hydrogen-bond donors (Lipinski definition) is 0. The quantitative estimate of drug-likeness (QED) is 0.223. The molecule has 29 heavy (non-hydrogen) atoms. The van der Waals surface area contributed by atoms with E-state index in [0.717, 1.165) is 30.4 Å². The van der Waals surface area contributed by atoms with Gasteiger partial charge in [0.25, 0.3) is 0 Å². The van der Waals surface area contributed by atoms with Gasteiger partial charge >= 0.3 is 13.6 Å². The van der Waals surface area contributed by atoms with Gasteiger partial charge in [-0.15, -0.1) is 0 Å². The number of carbonyl (C=O) groups is 1. The van der Waals surface area contributed by atoms with Crippen molar-refractivity contribution in [2.75, 3.05) is 6.61 Å². The molecule has 2 aromatic rings. The summed E-state index contributed by atoms with van der Waals surface area (Å²) in [6, 6.07) is 18.9. The minimum Gasteiger partial charge on any atom is -0.465 e. The summed E-state index contributed by atoms with van der Waals surface area (Å²) in [5.41, 5.74) is 0.806. The van der Waals surface area contributed by atoms with Crippen molar-refractivity contribution in [1.82, 2.24) is 0 Å². The fraction of sp³-hybridized carbons (Fsp3) is 0.435. The van der Waals surface area contributed by atoms with Gasteiger partial charge in [-0.05, 0) is 24.5 Å². The van der Waals surface area contributed by atoms with Gasteiger partial charge in [0.2, 0.25) is 0 Å². The number of unbranched alkanes of at least 4 members (excludes halogenated alkanes) is 2. The van der Waals surface area contributed by atoms with Gasteiger partial charge in [0, 0.05) is 0 Å². The Kier molecular flexibility index (Phi) is 10.1. The normalized spacial score (nSPS) is 12.5. The standard InChI is InChI=1S/C23H31O5P/c1-3-5-8-17-22(23(24)26-4-2)29(25,27-18-20-13-9-6-10-14-20)28-19-21-15-11-7-12-16-21/h6-7,9-16,22H,3-5,8,17-19H2,1-2H3. The van der Waals surface area contributed by atoms with Crippen LogP contribution in [0.1, 0.15) is 50.7 Å². The minimum atomic E-state index is -3.76. The monoisotopic (exact) mass is 418 g/mol. The molecule has 0 fully saturated rings. The molecule has 0 radical (unpaired) electrons. The summed E-state index contributed by atoms with van der Waals surface area (Å²) >= 11 is 0. The largest absolute Gasteiger partial charge is 0.465 e. The molecule has 0 spiro atoms. The first-order valence-corrected chi connectivity index (χ1v) is 11.8. The second-order valence-corrected chi connectivity index (χ2v) is 9.04. The molecule has 1 unspecified atom stereocenters. The van der Waals surface area contributed by atoms with Crippen LogP contribution in [0.2, 0.25) is 0 Å². The van der Waals surface area contributed by atoms with Crippen molar-refractivity contribution in [3.8, 4) is 0 Å². The Bertz CT molecular complexity index is 716. The molecule has 158 valence electrons. The molecule has 0 saturated heterocycles. The van der Waals surface area contributed by atoms with Gasteiger partial charge < -0.3 is 13.8 Å². The molecule has 6 heteroatoms. The summed E-state index contributed by atoms with van der Waals surface area (Å²) in [7, 11) is -3.76. The zero-order valence-corrected chi connectivity index (χ0v) is 18.2. The van der Waals surface area contributed by atoms with E-state index in [9.17, 15) is 9.36 Å². The third-order valence-electron chi connectivity index (χ3n) is 4.53. The second-order valence-electron chi connectivity index (χ2n) is 6.82. The molecule has 0 bridgehead atoms. The van der Waals surface area contributed by atoms with Gasteiger partial charge in [-0.2, -0.15) is 0 Å². The first kappa shape index (κ1) is 23.3. The first-order chi connectivity index (χ1) is 14.1. The Morgan fingerprint density at radius 3 is 1.83 bits per heavy atom. The SMILES string of the molecule is CCCCCC(C(=O)OCC)P(=O)(OCc1ccccc1)OCc1ccccc1. The topological polar surface area (TPSA) is 61.8 Å². The first-order valence-electron chi connectivity index (χ1n) is 10.2. The second kappa shape index (κ2) is 12.6. The van der Waals surface area contributed by atoms with Crippen LogP contribution in [-0.4, -0.2) is 18.2 Å². The summed E-state index contributed by atoms with van der Waals surface area (Å²) in [5.74, 6) is -0.520. The van der Waals surface area contributed by atoms with E-state index >= 15 is 0 Å². The zero-order valence-electron chi connectivity index (χ0n) is 17.3. The Balaban J connectivity index is 2.22. The number of esters is 1. The van der Waals surface area contributed by atoms with Crippen LogP contribution >= 0.6 is 7.60 Å². The van der Waals surface area contributed by atoms with Crippen LogP contribution < -0.4 is 0 Å². The van der Waals surface area contributed by atoms with Gasteiger partial charge in [-0.3, -0.25) is 9.36 Å². The van der Waals surface area contributed by atoms with Crippen LogP contribution in [-0.2, 0) is 36.4 Å². The highest BCUT2D eigenvalue weighted by molar-refractivity contribution is 7.55. The average Bonchev–Trinajstić information content (AvgIpc) is 2.75. The van der Waals surface area contributed by atoms with Gasteiger partial charge in [0.1, 0.15) is 0 Å².